The van der Waals surface area contributed by atoms with Gasteiger partial charge in [0.1, 0.15) is 5.82 Å². The van der Waals surface area contributed by atoms with Gasteiger partial charge < -0.3 is 0 Å². The highest BCUT2D eigenvalue weighted by Gasteiger charge is 2.21. The van der Waals surface area contributed by atoms with Crippen LogP contribution in [0.3, 0.4) is 0 Å². The number of hydrogen-bond acceptors (Lipinski definition) is 2. The normalized spacial score (nSPS) is 16.5. The highest BCUT2D eigenvalue weighted by molar-refractivity contribution is 9.10. The molecule has 1 aliphatic carbocycles. The Morgan fingerprint density at radius 2 is 1.95 bits per heavy atom. The summed E-state index contributed by atoms with van der Waals surface area (Å²) in [7, 11) is 0. The highest BCUT2D eigenvalue weighted by Crippen LogP contribution is 2.37. The van der Waals surface area contributed by atoms with Gasteiger partial charge in [-0.3, -0.25) is 5.84 Å². The van der Waals surface area contributed by atoms with Crippen molar-refractivity contribution in [2.24, 2.45) is 5.84 Å². The van der Waals surface area contributed by atoms with E-state index in [1.165, 1.54) is 37.0 Å². The molecule has 4 heteroatoms. The quantitative estimate of drug-likeness (QED) is 0.634. The molecule has 0 aromatic heterocycles. The summed E-state index contributed by atoms with van der Waals surface area (Å²) in [6.45, 7) is 0. The van der Waals surface area contributed by atoms with Gasteiger partial charge in [0.2, 0.25) is 0 Å². The molecule has 0 amide bonds. The van der Waals surface area contributed by atoms with Crippen LogP contribution in [0, 0.1) is 5.82 Å². The van der Waals surface area contributed by atoms with Crippen molar-refractivity contribution in [3.8, 4) is 0 Å². The van der Waals surface area contributed by atoms with Gasteiger partial charge in [-0.1, -0.05) is 46.6 Å². The second-order valence-electron chi connectivity index (χ2n) is 5.60. The van der Waals surface area contributed by atoms with E-state index >= 15 is 0 Å². The Balaban J connectivity index is 1.95. The van der Waals surface area contributed by atoms with E-state index in [0.717, 1.165) is 11.1 Å². The summed E-state index contributed by atoms with van der Waals surface area (Å²) < 4.78 is 14.3. The Labute approximate surface area is 132 Å². The average Bonchev–Trinajstić information content (AvgIpc) is 2.37. The fraction of sp³-hybridized carbons (Fsp3) is 0.294. The molecule has 3 rings (SSSR count). The molecule has 1 unspecified atom stereocenters. The van der Waals surface area contributed by atoms with Gasteiger partial charge in [0.05, 0.1) is 6.04 Å². The molecule has 0 bridgehead atoms. The number of nitrogens with two attached hydrogens (primary N) is 1. The number of benzene rings is 2. The molecule has 0 radical (unpaired) electrons. The first-order valence-corrected chi connectivity index (χ1v) is 7.98. The maximum absolute atomic E-state index is 13.6. The van der Waals surface area contributed by atoms with Crippen molar-refractivity contribution in [2.75, 3.05) is 0 Å². The van der Waals surface area contributed by atoms with E-state index in [1.54, 1.807) is 0 Å². The summed E-state index contributed by atoms with van der Waals surface area (Å²) in [5, 5.41) is 0. The lowest BCUT2D eigenvalue weighted by Gasteiger charge is -2.27. The maximum Gasteiger partial charge on any atom is 0.124 e. The van der Waals surface area contributed by atoms with Gasteiger partial charge in [-0.25, -0.2) is 9.82 Å². The second-order valence-corrected chi connectivity index (χ2v) is 6.52. The van der Waals surface area contributed by atoms with Gasteiger partial charge in [0, 0.05) is 4.47 Å². The fourth-order valence-corrected chi connectivity index (χ4v) is 3.34. The summed E-state index contributed by atoms with van der Waals surface area (Å²) in [6, 6.07) is 13.1. The largest absolute Gasteiger partial charge is 0.271 e. The van der Waals surface area contributed by atoms with Crippen LogP contribution in [0.5, 0.6) is 0 Å². The number of hydrazine groups is 1. The lowest BCUT2D eigenvalue weighted by Crippen LogP contribution is -2.29. The first-order chi connectivity index (χ1) is 10.2. The molecule has 21 heavy (non-hydrogen) atoms. The van der Waals surface area contributed by atoms with Crippen LogP contribution < -0.4 is 11.3 Å². The van der Waals surface area contributed by atoms with Crippen LogP contribution in [0.4, 0.5) is 4.39 Å². The van der Waals surface area contributed by atoms with E-state index in [2.05, 4.69) is 39.6 Å². The lowest BCUT2D eigenvalue weighted by atomic mass is 9.79. The molecule has 0 aliphatic heterocycles. The molecular formula is C17H18BrFN2. The number of rotatable bonds is 4. The first kappa shape index (κ1) is 14.7. The van der Waals surface area contributed by atoms with Gasteiger partial charge in [-0.2, -0.15) is 0 Å². The summed E-state index contributed by atoms with van der Waals surface area (Å²) >= 11 is 3.33. The van der Waals surface area contributed by atoms with E-state index in [1.807, 2.05) is 12.1 Å². The van der Waals surface area contributed by atoms with Gasteiger partial charge in [-0.15, -0.1) is 0 Å². The van der Waals surface area contributed by atoms with Crippen molar-refractivity contribution < 1.29 is 4.39 Å². The molecule has 1 atom stereocenters. The van der Waals surface area contributed by atoms with Crippen molar-refractivity contribution in [2.45, 2.75) is 31.2 Å². The van der Waals surface area contributed by atoms with Crippen molar-refractivity contribution in [3.05, 3.63) is 69.4 Å². The highest BCUT2D eigenvalue weighted by atomic mass is 79.9. The Morgan fingerprint density at radius 3 is 2.57 bits per heavy atom. The second kappa shape index (κ2) is 6.26. The van der Waals surface area contributed by atoms with Crippen molar-refractivity contribution in [1.29, 1.82) is 0 Å². The van der Waals surface area contributed by atoms with Crippen molar-refractivity contribution >= 4 is 15.9 Å². The van der Waals surface area contributed by atoms with Crippen LogP contribution in [0.1, 0.15) is 47.9 Å². The van der Waals surface area contributed by atoms with Crippen LogP contribution in [0.2, 0.25) is 0 Å². The van der Waals surface area contributed by atoms with Crippen LogP contribution in [0.15, 0.2) is 46.9 Å². The molecule has 110 valence electrons. The molecule has 1 saturated carbocycles. The monoisotopic (exact) mass is 348 g/mol. The predicted molar refractivity (Wildman–Crippen MR) is 86.3 cm³/mol. The smallest absolute Gasteiger partial charge is 0.124 e. The summed E-state index contributed by atoms with van der Waals surface area (Å²) in [6.07, 6.45) is 3.83. The number of hydrogen-bond donors (Lipinski definition) is 2. The van der Waals surface area contributed by atoms with Gasteiger partial charge >= 0.3 is 0 Å². The minimum atomic E-state index is -0.269. The van der Waals surface area contributed by atoms with Crippen LogP contribution in [-0.2, 0) is 0 Å². The van der Waals surface area contributed by atoms with Gasteiger partial charge in [0.25, 0.3) is 0 Å². The zero-order valence-electron chi connectivity index (χ0n) is 11.7. The third-order valence-electron chi connectivity index (χ3n) is 4.21. The number of nitrogens with one attached hydrogen (secondary N) is 1. The SMILES string of the molecule is NNC(c1cc(F)cc(Br)c1)c1cccc(C2CCC2)c1. The predicted octanol–water partition coefficient (Wildman–Crippen LogP) is 4.41. The Bertz CT molecular complexity index is 620. The summed E-state index contributed by atoms with van der Waals surface area (Å²) in [5.74, 6) is 6.12. The van der Waals surface area contributed by atoms with Gasteiger partial charge in [-0.05, 0) is 53.6 Å². The Hall–Kier alpha value is -1.23. The zero-order chi connectivity index (χ0) is 14.8. The minimum Gasteiger partial charge on any atom is -0.271 e. The van der Waals surface area contributed by atoms with Crippen LogP contribution in [0.25, 0.3) is 0 Å². The first-order valence-electron chi connectivity index (χ1n) is 7.19. The molecule has 3 N–H and O–H groups in total. The maximum atomic E-state index is 13.6. The molecule has 0 saturated heterocycles. The molecule has 0 spiro atoms. The van der Waals surface area contributed by atoms with Crippen molar-refractivity contribution in [1.82, 2.24) is 5.43 Å². The van der Waals surface area contributed by atoms with E-state index in [-0.39, 0.29) is 11.9 Å². The molecule has 1 aliphatic rings. The third-order valence-corrected chi connectivity index (χ3v) is 4.66. The molecule has 1 fully saturated rings. The molecular weight excluding hydrogens is 331 g/mol. The van der Waals surface area contributed by atoms with Crippen LogP contribution >= 0.6 is 15.9 Å². The topological polar surface area (TPSA) is 38.0 Å². The lowest BCUT2D eigenvalue weighted by molar-refractivity contribution is 0.419. The Morgan fingerprint density at radius 1 is 1.14 bits per heavy atom. The van der Waals surface area contributed by atoms with Crippen LogP contribution in [-0.4, -0.2) is 0 Å². The fourth-order valence-electron chi connectivity index (χ4n) is 2.86. The van der Waals surface area contributed by atoms with E-state index < -0.39 is 0 Å². The zero-order valence-corrected chi connectivity index (χ0v) is 13.2. The molecule has 2 aromatic rings. The molecule has 2 nitrogen and oxygen atoms in total. The third kappa shape index (κ3) is 3.18. The van der Waals surface area contributed by atoms with E-state index in [4.69, 9.17) is 5.84 Å². The van der Waals surface area contributed by atoms with E-state index in [0.29, 0.717) is 10.4 Å². The van der Waals surface area contributed by atoms with Crippen molar-refractivity contribution in [3.63, 3.8) is 0 Å². The van der Waals surface area contributed by atoms with Gasteiger partial charge in [0.15, 0.2) is 0 Å². The minimum absolute atomic E-state index is 0.211. The molecule has 0 heterocycles. The summed E-state index contributed by atoms with van der Waals surface area (Å²) in [4.78, 5) is 0. The summed E-state index contributed by atoms with van der Waals surface area (Å²) in [5.41, 5.74) is 6.04. The standard InChI is InChI=1S/C17H18BrFN2/c18-15-8-14(9-16(19)10-15)17(21-20)13-6-2-5-12(7-13)11-3-1-4-11/h2,5-11,17,21H,1,3-4,20H2. The van der Waals surface area contributed by atoms with E-state index in [9.17, 15) is 4.39 Å². The molecule has 2 aromatic carbocycles. The average molecular weight is 349 g/mol. The number of halogens is 2. The Kier molecular flexibility index (Phi) is 4.38.